The third kappa shape index (κ3) is 3.58. The second-order valence-corrected chi connectivity index (χ2v) is 10.4. The Labute approximate surface area is 189 Å². The van der Waals surface area contributed by atoms with Crippen LogP contribution in [0.25, 0.3) is 16.9 Å². The van der Waals surface area contributed by atoms with Crippen LogP contribution in [0.5, 0.6) is 0 Å². The van der Waals surface area contributed by atoms with Gasteiger partial charge in [-0.3, -0.25) is 4.57 Å². The quantitative estimate of drug-likeness (QED) is 0.396. The maximum Gasteiger partial charge on any atom is 0.215 e. The molecule has 0 unspecified atom stereocenters. The molecule has 0 saturated heterocycles. The van der Waals surface area contributed by atoms with Crippen LogP contribution < -0.4 is 4.80 Å². The molecule has 2 aromatic carbocycles. The maximum absolute atomic E-state index is 13.5. The molecule has 158 valence electrons. The third-order valence-electron chi connectivity index (χ3n) is 7.16. The molecule has 4 fully saturated rings. The summed E-state index contributed by atoms with van der Waals surface area (Å²) in [6.07, 6.45) is 6.61. The molecule has 4 bridgehead atoms. The molecule has 4 aliphatic rings. The first-order valence-corrected chi connectivity index (χ1v) is 12.2. The first-order chi connectivity index (χ1) is 15.1. The number of halogens is 2. The van der Waals surface area contributed by atoms with Crippen molar-refractivity contribution in [2.45, 2.75) is 32.1 Å². The Balaban J connectivity index is 1.46. The molecule has 6 heteroatoms. The van der Waals surface area contributed by atoms with Gasteiger partial charge in [-0.25, -0.2) is 4.39 Å². The molecule has 0 atom stereocenters. The van der Waals surface area contributed by atoms with Crippen LogP contribution in [0.1, 0.15) is 32.1 Å². The number of nitrogens with zero attached hydrogens (tertiary/aromatic N) is 3. The van der Waals surface area contributed by atoms with Gasteiger partial charge < -0.3 is 0 Å². The molecule has 0 radical (unpaired) electrons. The van der Waals surface area contributed by atoms with Gasteiger partial charge in [-0.1, -0.05) is 11.6 Å². The largest absolute Gasteiger partial charge is 0.284 e. The van der Waals surface area contributed by atoms with Gasteiger partial charge in [0.15, 0.2) is 0 Å². The number of hydrogen-bond donors (Lipinski definition) is 0. The summed E-state index contributed by atoms with van der Waals surface area (Å²) in [6, 6.07) is 14.3. The van der Waals surface area contributed by atoms with Crippen molar-refractivity contribution in [2.75, 3.05) is 0 Å². The molecule has 1 heterocycles. The van der Waals surface area contributed by atoms with E-state index in [4.69, 9.17) is 21.8 Å². The van der Waals surface area contributed by atoms with Crippen LogP contribution in [-0.2, 0) is 0 Å². The summed E-state index contributed by atoms with van der Waals surface area (Å²) in [5.74, 6) is 2.83. The average molecular weight is 452 g/mol. The van der Waals surface area contributed by atoms with Crippen LogP contribution in [0, 0.1) is 29.5 Å². The SMILES string of the molecule is Fc1ccc(-c2cs/c(=N/N=C3C4CC5CC(C4)CC3C5)n2-c2ccc(Cl)cc2)cc1. The maximum atomic E-state index is 13.5. The minimum absolute atomic E-state index is 0.241. The van der Waals surface area contributed by atoms with Crippen molar-refractivity contribution < 1.29 is 4.39 Å². The minimum atomic E-state index is -0.241. The van der Waals surface area contributed by atoms with E-state index in [1.807, 2.05) is 24.3 Å². The van der Waals surface area contributed by atoms with Gasteiger partial charge in [-0.2, -0.15) is 5.10 Å². The Morgan fingerprint density at radius 2 is 1.48 bits per heavy atom. The van der Waals surface area contributed by atoms with E-state index in [1.165, 1.54) is 49.9 Å². The molecule has 4 saturated carbocycles. The van der Waals surface area contributed by atoms with Crippen LogP contribution in [0.2, 0.25) is 5.02 Å². The van der Waals surface area contributed by atoms with Gasteiger partial charge in [0.05, 0.1) is 5.69 Å². The standard InChI is InChI=1S/C25H23ClFN3S/c26-20-3-7-22(8-4-20)30-23(17-1-5-21(27)6-2-17)14-31-25(30)29-28-24-18-10-15-9-16(12-18)13-19(24)11-15/h1-8,14-16,18-19H,9-13H2/b28-24?,29-25+. The predicted octanol–water partition coefficient (Wildman–Crippen LogP) is 6.71. The van der Waals surface area contributed by atoms with E-state index in [0.717, 1.165) is 33.6 Å². The van der Waals surface area contributed by atoms with Crippen molar-refractivity contribution in [3.8, 4) is 16.9 Å². The first-order valence-electron chi connectivity index (χ1n) is 11.0. The molecular weight excluding hydrogens is 429 g/mol. The van der Waals surface area contributed by atoms with E-state index < -0.39 is 0 Å². The van der Waals surface area contributed by atoms with Gasteiger partial charge in [0.25, 0.3) is 0 Å². The number of rotatable bonds is 3. The molecule has 0 amide bonds. The number of thiazole rings is 1. The summed E-state index contributed by atoms with van der Waals surface area (Å²) in [5, 5.41) is 12.4. The van der Waals surface area contributed by atoms with Crippen LogP contribution in [0.4, 0.5) is 4.39 Å². The lowest BCUT2D eigenvalue weighted by Crippen LogP contribution is -2.45. The normalized spacial score (nSPS) is 27.2. The van der Waals surface area contributed by atoms with Crippen LogP contribution in [0.3, 0.4) is 0 Å². The summed E-state index contributed by atoms with van der Waals surface area (Å²) >= 11 is 7.69. The third-order valence-corrected chi connectivity index (χ3v) is 8.23. The van der Waals surface area contributed by atoms with E-state index >= 15 is 0 Å². The molecule has 31 heavy (non-hydrogen) atoms. The monoisotopic (exact) mass is 451 g/mol. The topological polar surface area (TPSA) is 29.6 Å². The van der Waals surface area contributed by atoms with Crippen molar-refractivity contribution in [3.63, 3.8) is 0 Å². The number of benzene rings is 2. The first kappa shape index (κ1) is 19.4. The predicted molar refractivity (Wildman–Crippen MR) is 124 cm³/mol. The number of hydrogen-bond acceptors (Lipinski definition) is 3. The van der Waals surface area contributed by atoms with Crippen LogP contribution >= 0.6 is 22.9 Å². The molecule has 0 aliphatic heterocycles. The Bertz CT molecular complexity index is 1180. The zero-order valence-electron chi connectivity index (χ0n) is 17.0. The highest BCUT2D eigenvalue weighted by molar-refractivity contribution is 7.07. The zero-order valence-corrected chi connectivity index (χ0v) is 18.6. The summed E-state index contributed by atoms with van der Waals surface area (Å²) < 4.78 is 15.6. The average Bonchev–Trinajstić information content (AvgIpc) is 3.18. The smallest absolute Gasteiger partial charge is 0.215 e. The van der Waals surface area contributed by atoms with E-state index in [0.29, 0.717) is 16.9 Å². The molecule has 1 aromatic heterocycles. The second kappa shape index (κ2) is 7.72. The fourth-order valence-electron chi connectivity index (χ4n) is 5.97. The van der Waals surface area contributed by atoms with Crippen molar-refractivity contribution in [1.82, 2.24) is 4.57 Å². The highest BCUT2D eigenvalue weighted by Crippen LogP contribution is 2.52. The van der Waals surface area contributed by atoms with E-state index in [2.05, 4.69) is 9.95 Å². The summed E-state index contributed by atoms with van der Waals surface area (Å²) in [4.78, 5) is 0.822. The summed E-state index contributed by atoms with van der Waals surface area (Å²) in [7, 11) is 0. The van der Waals surface area contributed by atoms with Gasteiger partial charge in [-0.05, 0) is 110 Å². The lowest BCUT2D eigenvalue weighted by Gasteiger charge is -2.50. The summed E-state index contributed by atoms with van der Waals surface area (Å²) in [6.45, 7) is 0. The molecule has 7 rings (SSSR count). The lowest BCUT2D eigenvalue weighted by atomic mass is 9.55. The second-order valence-electron chi connectivity index (χ2n) is 9.15. The lowest BCUT2D eigenvalue weighted by molar-refractivity contribution is 0.108. The Morgan fingerprint density at radius 1 is 0.839 bits per heavy atom. The highest BCUT2D eigenvalue weighted by Gasteiger charge is 2.46. The molecule has 3 nitrogen and oxygen atoms in total. The van der Waals surface area contributed by atoms with E-state index in [-0.39, 0.29) is 5.82 Å². The molecule has 3 aromatic rings. The fraction of sp³-hybridized carbons (Fsp3) is 0.360. The molecule has 4 aliphatic carbocycles. The van der Waals surface area contributed by atoms with Crippen molar-refractivity contribution >= 4 is 28.6 Å². The van der Waals surface area contributed by atoms with Crippen LogP contribution in [0.15, 0.2) is 64.1 Å². The Morgan fingerprint density at radius 3 is 2.13 bits per heavy atom. The summed E-state index contributed by atoms with van der Waals surface area (Å²) in [5.41, 5.74) is 4.20. The number of aromatic nitrogens is 1. The van der Waals surface area contributed by atoms with Crippen molar-refractivity contribution in [1.29, 1.82) is 0 Å². The van der Waals surface area contributed by atoms with Gasteiger partial charge in [0.1, 0.15) is 5.82 Å². The molecular formula is C25H23ClFN3S. The highest BCUT2D eigenvalue weighted by atomic mass is 35.5. The van der Waals surface area contributed by atoms with E-state index in [1.54, 1.807) is 23.5 Å². The molecule has 0 N–H and O–H groups in total. The zero-order chi connectivity index (χ0) is 20.9. The van der Waals surface area contributed by atoms with Gasteiger partial charge in [0.2, 0.25) is 4.80 Å². The molecule has 0 spiro atoms. The van der Waals surface area contributed by atoms with Crippen molar-refractivity contribution in [2.24, 2.45) is 33.9 Å². The fourth-order valence-corrected chi connectivity index (χ4v) is 6.96. The Kier molecular flexibility index (Phi) is 4.84. The van der Waals surface area contributed by atoms with Gasteiger partial charge >= 0.3 is 0 Å². The minimum Gasteiger partial charge on any atom is -0.284 e. The van der Waals surface area contributed by atoms with Gasteiger partial charge in [-0.15, -0.1) is 16.4 Å². The van der Waals surface area contributed by atoms with Crippen molar-refractivity contribution in [3.05, 3.63) is 69.6 Å². The van der Waals surface area contributed by atoms with Gasteiger partial charge in [0, 0.05) is 21.8 Å². The van der Waals surface area contributed by atoms with E-state index in [9.17, 15) is 4.39 Å². The van der Waals surface area contributed by atoms with Crippen LogP contribution in [-0.4, -0.2) is 10.3 Å². The Hall–Kier alpha value is -2.24.